The molecule has 1 aromatic heterocycles. The number of aromatic nitrogens is 2. The van der Waals surface area contributed by atoms with Crippen LogP contribution < -0.4 is 0 Å². The number of fused-ring (bicyclic) bond motifs is 1. The molecule has 64 valence electrons. The first kappa shape index (κ1) is 14.8. The Morgan fingerprint density at radius 3 is 2.50 bits per heavy atom. The van der Waals surface area contributed by atoms with Gasteiger partial charge in [-0.05, 0) is 12.1 Å². The van der Waals surface area contributed by atoms with Crippen LogP contribution in [0.5, 0.6) is 0 Å². The fourth-order valence-electron chi connectivity index (χ4n) is 1.01. The summed E-state index contributed by atoms with van der Waals surface area (Å²) in [4.78, 5) is 6.64. The molecule has 4 nitrogen and oxygen atoms in total. The molecule has 1 atom stereocenters. The minimum Gasteiger partial charge on any atom is -0.329 e. The number of benzene rings is 1. The van der Waals surface area contributed by atoms with E-state index in [0.29, 0.717) is 5.52 Å². The molecule has 0 aliphatic rings. The minimum atomic E-state index is -2.03. The van der Waals surface area contributed by atoms with Crippen LogP contribution in [0.3, 0.4) is 0 Å². The first-order valence-electron chi connectivity index (χ1n) is 3.33. The summed E-state index contributed by atoms with van der Waals surface area (Å²) in [5, 5.41) is 0.0937. The number of para-hydroxylation sites is 2. The zero-order chi connectivity index (χ0) is 8.55. The van der Waals surface area contributed by atoms with Gasteiger partial charge in [0.25, 0.3) is 0 Å². The van der Waals surface area contributed by atoms with Crippen molar-refractivity contribution in [2.24, 2.45) is 0 Å². The molecule has 2 radical (unpaired) electrons. The fraction of sp³-hybridized carbons (Fsp3) is 0. The molecule has 0 fully saturated rings. The second-order valence-electron chi connectivity index (χ2n) is 2.31. The molecular weight excluding hydrogens is 222 g/mol. The molecule has 1 aromatic carbocycles. The van der Waals surface area contributed by atoms with Crippen LogP contribution in [-0.4, -0.2) is 77.8 Å². The minimum absolute atomic E-state index is 0. The molecule has 0 aliphatic heterocycles. The summed E-state index contributed by atoms with van der Waals surface area (Å²) < 4.78 is 19.3. The van der Waals surface area contributed by atoms with Gasteiger partial charge in [0.15, 0.2) is 0 Å². The average Bonchev–Trinajstić information content (AvgIpc) is 2.46. The Morgan fingerprint density at radius 1 is 1.29 bits per heavy atom. The molecule has 0 aliphatic carbocycles. The number of H-pyrrole nitrogens is 1. The van der Waals surface area contributed by atoms with Crippen molar-refractivity contribution >= 4 is 81.2 Å². The Morgan fingerprint density at radius 2 is 1.93 bits per heavy atom. The van der Waals surface area contributed by atoms with Gasteiger partial charge in [0, 0.05) is 59.1 Å². The van der Waals surface area contributed by atoms with Crippen molar-refractivity contribution in [2.45, 2.75) is 5.16 Å². The second kappa shape index (κ2) is 6.40. The van der Waals surface area contributed by atoms with E-state index in [9.17, 15) is 4.21 Å². The zero-order valence-electron chi connectivity index (χ0n) is 8.02. The van der Waals surface area contributed by atoms with Crippen LogP contribution in [0.2, 0.25) is 0 Å². The standard InChI is InChI=1S/C7H6N2O2S.2Na/c10-12(11)7-8-5-3-1-2-4-6(5)9-7;;/h1-4H,(H,8,9)(H,10,11);;. The molecule has 0 bridgehead atoms. The molecule has 2 rings (SSSR count). The van der Waals surface area contributed by atoms with Gasteiger partial charge in [0.05, 0.1) is 11.0 Å². The SMILES string of the molecule is O=S(O)c1nc2ccccc2[nH]1.[Na].[Na]. The van der Waals surface area contributed by atoms with E-state index in [0.717, 1.165) is 5.52 Å². The van der Waals surface area contributed by atoms with Crippen molar-refractivity contribution in [3.05, 3.63) is 24.3 Å². The number of nitrogens with one attached hydrogen (secondary N) is 1. The maximum Gasteiger partial charge on any atom is 0.225 e. The van der Waals surface area contributed by atoms with Crippen molar-refractivity contribution in [3.8, 4) is 0 Å². The molecule has 2 N–H and O–H groups in total. The van der Waals surface area contributed by atoms with E-state index in [-0.39, 0.29) is 64.3 Å². The monoisotopic (exact) mass is 228 g/mol. The van der Waals surface area contributed by atoms with E-state index in [1.54, 1.807) is 12.1 Å². The third-order valence-corrected chi connectivity index (χ3v) is 2.06. The summed E-state index contributed by atoms with van der Waals surface area (Å²) in [5.41, 5.74) is 1.48. The summed E-state index contributed by atoms with van der Waals surface area (Å²) in [7, 11) is 0. The summed E-state index contributed by atoms with van der Waals surface area (Å²) in [6.07, 6.45) is 0. The van der Waals surface area contributed by atoms with Gasteiger partial charge in [0.1, 0.15) is 0 Å². The van der Waals surface area contributed by atoms with Crippen molar-refractivity contribution in [3.63, 3.8) is 0 Å². The average molecular weight is 228 g/mol. The molecule has 1 heterocycles. The molecule has 2 aromatic rings. The van der Waals surface area contributed by atoms with Crippen molar-refractivity contribution < 1.29 is 8.76 Å². The zero-order valence-corrected chi connectivity index (χ0v) is 12.8. The number of aromatic amines is 1. The van der Waals surface area contributed by atoms with Crippen LogP contribution in [0.4, 0.5) is 0 Å². The maximum atomic E-state index is 10.6. The van der Waals surface area contributed by atoms with Gasteiger partial charge < -0.3 is 4.98 Å². The van der Waals surface area contributed by atoms with Gasteiger partial charge in [-0.15, -0.1) is 0 Å². The number of rotatable bonds is 1. The predicted octanol–water partition coefficient (Wildman–Crippen LogP) is 0.382. The number of hydrogen-bond donors (Lipinski definition) is 2. The summed E-state index contributed by atoms with van der Waals surface area (Å²) >= 11 is -2.03. The van der Waals surface area contributed by atoms with Crippen LogP contribution in [0, 0.1) is 0 Å². The van der Waals surface area contributed by atoms with Crippen molar-refractivity contribution in [1.29, 1.82) is 0 Å². The van der Waals surface area contributed by atoms with Crippen LogP contribution in [0.25, 0.3) is 11.0 Å². The Labute approximate surface area is 128 Å². The maximum absolute atomic E-state index is 10.6. The Kier molecular flexibility index (Phi) is 6.76. The Hall–Kier alpha value is 0.800. The quantitative estimate of drug-likeness (QED) is 0.548. The predicted molar refractivity (Wildman–Crippen MR) is 56.6 cm³/mol. The van der Waals surface area contributed by atoms with E-state index in [4.69, 9.17) is 4.55 Å². The van der Waals surface area contributed by atoms with E-state index in [2.05, 4.69) is 9.97 Å². The molecule has 0 saturated carbocycles. The van der Waals surface area contributed by atoms with Crippen molar-refractivity contribution in [1.82, 2.24) is 9.97 Å². The van der Waals surface area contributed by atoms with E-state index >= 15 is 0 Å². The van der Waals surface area contributed by atoms with Crippen LogP contribution in [0.1, 0.15) is 0 Å². The summed E-state index contributed by atoms with van der Waals surface area (Å²) in [6, 6.07) is 7.25. The Balaban J connectivity index is 0.000000845. The molecule has 7 heteroatoms. The molecule has 0 amide bonds. The molecule has 0 spiro atoms. The first-order chi connectivity index (χ1) is 5.77. The van der Waals surface area contributed by atoms with Gasteiger partial charge in [-0.3, -0.25) is 4.55 Å². The molecule has 14 heavy (non-hydrogen) atoms. The largest absolute Gasteiger partial charge is 0.329 e. The summed E-state index contributed by atoms with van der Waals surface area (Å²) in [6.45, 7) is 0. The van der Waals surface area contributed by atoms with E-state index in [1.807, 2.05) is 12.1 Å². The topological polar surface area (TPSA) is 66.0 Å². The smallest absolute Gasteiger partial charge is 0.225 e. The van der Waals surface area contributed by atoms with Gasteiger partial charge in [0.2, 0.25) is 16.2 Å². The Bertz CT molecular complexity index is 413. The van der Waals surface area contributed by atoms with E-state index in [1.165, 1.54) is 0 Å². The van der Waals surface area contributed by atoms with Crippen molar-refractivity contribution in [2.75, 3.05) is 0 Å². The van der Waals surface area contributed by atoms with Gasteiger partial charge in [-0.2, -0.15) is 0 Å². The number of nitrogens with zero attached hydrogens (tertiary/aromatic N) is 1. The second-order valence-corrected chi connectivity index (χ2v) is 3.19. The van der Waals surface area contributed by atoms with Crippen LogP contribution >= 0.6 is 0 Å². The van der Waals surface area contributed by atoms with Crippen LogP contribution in [0.15, 0.2) is 29.4 Å². The molecular formula is C7H6N2Na2O2S. The third kappa shape index (κ3) is 3.15. The van der Waals surface area contributed by atoms with Crippen LogP contribution in [-0.2, 0) is 11.1 Å². The third-order valence-electron chi connectivity index (χ3n) is 1.53. The fourth-order valence-corrected chi connectivity index (χ4v) is 1.39. The molecule has 0 saturated heterocycles. The van der Waals surface area contributed by atoms with Gasteiger partial charge >= 0.3 is 0 Å². The van der Waals surface area contributed by atoms with Gasteiger partial charge in [-0.1, -0.05) is 12.1 Å². The number of hydrogen-bond acceptors (Lipinski definition) is 2. The van der Waals surface area contributed by atoms with Gasteiger partial charge in [-0.25, -0.2) is 9.19 Å². The first-order valence-corrected chi connectivity index (χ1v) is 4.43. The summed E-state index contributed by atoms with van der Waals surface area (Å²) in [5.74, 6) is 0. The normalized spacial score (nSPS) is 11.5. The molecule has 1 unspecified atom stereocenters. The number of imidazole rings is 1. The van der Waals surface area contributed by atoms with E-state index < -0.39 is 11.1 Å².